The van der Waals surface area contributed by atoms with Crippen molar-refractivity contribution in [2.45, 2.75) is 44.6 Å². The van der Waals surface area contributed by atoms with Crippen LogP contribution in [0.4, 0.5) is 5.69 Å². The minimum Gasteiger partial charge on any atom is -0.493 e. The van der Waals surface area contributed by atoms with Crippen LogP contribution >= 0.6 is 0 Å². The number of carbonyl (C=O) groups is 1. The highest BCUT2D eigenvalue weighted by Crippen LogP contribution is 2.26. The Morgan fingerprint density at radius 2 is 1.59 bits per heavy atom. The zero-order chi connectivity index (χ0) is 24.9. The molecule has 8 heteroatoms. The molecule has 0 aliphatic rings. The van der Waals surface area contributed by atoms with Crippen molar-refractivity contribution in [2.75, 3.05) is 11.9 Å². The largest absolute Gasteiger partial charge is 0.493 e. The van der Waals surface area contributed by atoms with E-state index in [9.17, 15) is 13.2 Å². The number of nitrogens with one attached hydrogen (secondary N) is 1. The highest BCUT2D eigenvalue weighted by Gasteiger charge is 2.15. The van der Waals surface area contributed by atoms with E-state index in [1.165, 1.54) is 29.8 Å². The average Bonchev–Trinajstić information content (AvgIpc) is 2.78. The summed E-state index contributed by atoms with van der Waals surface area (Å²) in [5.74, 6) is 1.02. The summed E-state index contributed by atoms with van der Waals surface area (Å²) in [6.07, 6.45) is 0. The van der Waals surface area contributed by atoms with Crippen LogP contribution in [-0.4, -0.2) is 20.9 Å². The van der Waals surface area contributed by atoms with Crippen LogP contribution in [0, 0.1) is 0 Å². The van der Waals surface area contributed by atoms with Crippen molar-refractivity contribution in [1.29, 1.82) is 0 Å². The third kappa shape index (κ3) is 6.59. The summed E-state index contributed by atoms with van der Waals surface area (Å²) >= 11 is 0. The topological polar surface area (TPSA) is 108 Å². The average molecular weight is 483 g/mol. The van der Waals surface area contributed by atoms with Gasteiger partial charge >= 0.3 is 0 Å². The number of hydrogen-bond donors (Lipinski definition) is 2. The number of carbonyl (C=O) groups excluding carboxylic acids is 1. The molecule has 0 bridgehead atoms. The Morgan fingerprint density at radius 1 is 0.941 bits per heavy atom. The molecule has 0 aliphatic carbocycles. The number of rotatable bonds is 8. The smallest absolute Gasteiger partial charge is 0.255 e. The highest BCUT2D eigenvalue weighted by molar-refractivity contribution is 7.89. The number of sulfonamides is 1. The summed E-state index contributed by atoms with van der Waals surface area (Å²) in [5.41, 5.74) is 2.87. The maximum absolute atomic E-state index is 12.8. The van der Waals surface area contributed by atoms with Crippen LogP contribution in [0.2, 0.25) is 0 Å². The second-order valence-electron chi connectivity index (χ2n) is 8.84. The van der Waals surface area contributed by atoms with E-state index in [4.69, 9.17) is 14.6 Å². The second kappa shape index (κ2) is 10.3. The summed E-state index contributed by atoms with van der Waals surface area (Å²) in [6, 6.07) is 18.7. The first-order valence-electron chi connectivity index (χ1n) is 10.9. The second-order valence-corrected chi connectivity index (χ2v) is 10.4. The first-order valence-corrected chi connectivity index (χ1v) is 12.5. The summed E-state index contributed by atoms with van der Waals surface area (Å²) in [6.45, 7) is 9.07. The Labute approximate surface area is 201 Å². The fourth-order valence-electron chi connectivity index (χ4n) is 3.27. The van der Waals surface area contributed by atoms with Gasteiger partial charge in [0.05, 0.1) is 11.5 Å². The zero-order valence-corrected chi connectivity index (χ0v) is 20.6. The predicted molar refractivity (Wildman–Crippen MR) is 133 cm³/mol. The van der Waals surface area contributed by atoms with Crippen LogP contribution in [0.1, 0.15) is 49.2 Å². The molecule has 34 heavy (non-hydrogen) atoms. The van der Waals surface area contributed by atoms with Crippen molar-refractivity contribution in [3.63, 3.8) is 0 Å². The molecule has 3 N–H and O–H groups in total. The van der Waals surface area contributed by atoms with E-state index in [-0.39, 0.29) is 22.8 Å². The third-order valence-corrected chi connectivity index (χ3v) is 6.11. The predicted octanol–water partition coefficient (Wildman–Crippen LogP) is 4.86. The van der Waals surface area contributed by atoms with Gasteiger partial charge in [0.25, 0.3) is 5.91 Å². The summed E-state index contributed by atoms with van der Waals surface area (Å²) < 4.78 is 34.5. The standard InChI is InChI=1S/C26H30N2O5S/c1-5-32-24-15-6-18(25(29)28-21-9-13-23(14-10-21)34(27,30)31)16-19(24)17-33-22-11-7-20(8-12-22)26(2,3)4/h6-16H,5,17H2,1-4H3,(H,28,29)(H2,27,30,31). The minimum absolute atomic E-state index is 0.0264. The van der Waals surface area contributed by atoms with Gasteiger partial charge in [0.2, 0.25) is 10.0 Å². The van der Waals surface area contributed by atoms with Gasteiger partial charge in [-0.1, -0.05) is 32.9 Å². The van der Waals surface area contributed by atoms with E-state index in [0.29, 0.717) is 23.6 Å². The Balaban J connectivity index is 1.75. The normalized spacial score (nSPS) is 11.7. The van der Waals surface area contributed by atoms with E-state index in [0.717, 1.165) is 11.3 Å². The lowest BCUT2D eigenvalue weighted by atomic mass is 9.87. The molecular weight excluding hydrogens is 452 g/mol. The van der Waals surface area contributed by atoms with Gasteiger partial charge in [-0.3, -0.25) is 4.79 Å². The molecule has 0 aromatic heterocycles. The van der Waals surface area contributed by atoms with E-state index in [1.807, 2.05) is 31.2 Å². The van der Waals surface area contributed by atoms with Gasteiger partial charge in [0.15, 0.2) is 0 Å². The van der Waals surface area contributed by atoms with Crippen molar-refractivity contribution in [2.24, 2.45) is 5.14 Å². The molecule has 0 atom stereocenters. The monoisotopic (exact) mass is 482 g/mol. The molecule has 1 amide bonds. The molecule has 7 nitrogen and oxygen atoms in total. The molecule has 0 spiro atoms. The number of ether oxygens (including phenoxy) is 2. The van der Waals surface area contributed by atoms with Gasteiger partial charge in [-0.05, 0) is 72.5 Å². The van der Waals surface area contributed by atoms with Gasteiger partial charge in [-0.15, -0.1) is 0 Å². The molecule has 0 unspecified atom stereocenters. The molecule has 0 saturated heterocycles. The molecular formula is C26H30N2O5S. The fourth-order valence-corrected chi connectivity index (χ4v) is 3.79. The van der Waals surface area contributed by atoms with E-state index >= 15 is 0 Å². The third-order valence-electron chi connectivity index (χ3n) is 5.18. The maximum Gasteiger partial charge on any atom is 0.255 e. The van der Waals surface area contributed by atoms with E-state index in [2.05, 4.69) is 26.1 Å². The number of amides is 1. The van der Waals surface area contributed by atoms with Crippen molar-refractivity contribution in [3.05, 3.63) is 83.4 Å². The SMILES string of the molecule is CCOc1ccc(C(=O)Nc2ccc(S(N)(=O)=O)cc2)cc1COc1ccc(C(C)(C)C)cc1. The zero-order valence-electron chi connectivity index (χ0n) is 19.8. The number of primary sulfonamides is 1. The fraction of sp³-hybridized carbons (Fsp3) is 0.269. The first kappa shape index (κ1) is 25.3. The van der Waals surface area contributed by atoms with Crippen LogP contribution in [0.25, 0.3) is 0 Å². The van der Waals surface area contributed by atoms with Gasteiger partial charge in [0.1, 0.15) is 18.1 Å². The Morgan fingerprint density at radius 3 is 2.15 bits per heavy atom. The quantitative estimate of drug-likeness (QED) is 0.477. The number of benzene rings is 3. The van der Waals surface area contributed by atoms with Crippen LogP contribution in [0.5, 0.6) is 11.5 Å². The first-order chi connectivity index (χ1) is 16.0. The van der Waals surface area contributed by atoms with Gasteiger partial charge in [0, 0.05) is 16.8 Å². The number of nitrogens with two attached hydrogens (primary N) is 1. The molecule has 3 rings (SSSR count). The maximum atomic E-state index is 12.8. The summed E-state index contributed by atoms with van der Waals surface area (Å²) in [5, 5.41) is 7.87. The summed E-state index contributed by atoms with van der Waals surface area (Å²) in [4.78, 5) is 12.8. The Kier molecular flexibility index (Phi) is 7.64. The molecule has 180 valence electrons. The molecule has 3 aromatic rings. The molecule has 0 radical (unpaired) electrons. The van der Waals surface area contributed by atoms with E-state index in [1.54, 1.807) is 18.2 Å². The van der Waals surface area contributed by atoms with Crippen LogP contribution in [0.3, 0.4) is 0 Å². The van der Waals surface area contributed by atoms with E-state index < -0.39 is 10.0 Å². The molecule has 3 aromatic carbocycles. The van der Waals surface area contributed by atoms with Crippen LogP contribution in [-0.2, 0) is 22.0 Å². The Bertz CT molecular complexity index is 1250. The van der Waals surface area contributed by atoms with Gasteiger partial charge in [-0.25, -0.2) is 13.6 Å². The van der Waals surface area contributed by atoms with Crippen LogP contribution in [0.15, 0.2) is 71.6 Å². The van der Waals surface area contributed by atoms with Gasteiger partial charge in [-0.2, -0.15) is 0 Å². The molecule has 0 aliphatic heterocycles. The number of hydrogen-bond acceptors (Lipinski definition) is 5. The van der Waals surface area contributed by atoms with Crippen molar-refractivity contribution < 1.29 is 22.7 Å². The van der Waals surface area contributed by atoms with Crippen molar-refractivity contribution >= 4 is 21.6 Å². The molecule has 0 fully saturated rings. The lowest BCUT2D eigenvalue weighted by Gasteiger charge is -2.19. The molecule has 0 saturated carbocycles. The summed E-state index contributed by atoms with van der Waals surface area (Å²) in [7, 11) is -3.80. The Hall–Kier alpha value is -3.36. The highest BCUT2D eigenvalue weighted by atomic mass is 32.2. The van der Waals surface area contributed by atoms with Crippen LogP contribution < -0.4 is 19.9 Å². The van der Waals surface area contributed by atoms with Crippen molar-refractivity contribution in [1.82, 2.24) is 0 Å². The van der Waals surface area contributed by atoms with Gasteiger partial charge < -0.3 is 14.8 Å². The van der Waals surface area contributed by atoms with Crippen molar-refractivity contribution in [3.8, 4) is 11.5 Å². The lowest BCUT2D eigenvalue weighted by Crippen LogP contribution is -2.14. The minimum atomic E-state index is -3.80. The number of anilines is 1. The molecule has 0 heterocycles. The lowest BCUT2D eigenvalue weighted by molar-refractivity contribution is 0.102.